The molecule has 0 spiro atoms. The molecular formula is C8H15N3O. The molecule has 12 heavy (non-hydrogen) atoms. The molecule has 4 nitrogen and oxygen atoms in total. The highest BCUT2D eigenvalue weighted by atomic mass is 16.5. The monoisotopic (exact) mass is 169 g/mol. The van der Waals surface area contributed by atoms with Gasteiger partial charge in [-0.05, 0) is 6.92 Å². The Labute approximate surface area is 72.3 Å². The van der Waals surface area contributed by atoms with E-state index in [0.717, 1.165) is 12.4 Å². The van der Waals surface area contributed by atoms with Crippen LogP contribution in [-0.4, -0.2) is 22.7 Å². The first-order chi connectivity index (χ1) is 5.88. The van der Waals surface area contributed by atoms with Gasteiger partial charge in [0.1, 0.15) is 12.4 Å². The van der Waals surface area contributed by atoms with Crippen molar-refractivity contribution >= 4 is 0 Å². The van der Waals surface area contributed by atoms with Gasteiger partial charge in [0, 0.05) is 25.5 Å². The van der Waals surface area contributed by atoms with Gasteiger partial charge in [0.15, 0.2) is 0 Å². The van der Waals surface area contributed by atoms with Gasteiger partial charge in [-0.2, -0.15) is 0 Å². The second-order valence-corrected chi connectivity index (χ2v) is 2.47. The molecule has 0 saturated heterocycles. The summed E-state index contributed by atoms with van der Waals surface area (Å²) < 4.78 is 7.31. The maximum absolute atomic E-state index is 5.29. The van der Waals surface area contributed by atoms with Gasteiger partial charge in [0.2, 0.25) is 0 Å². The van der Waals surface area contributed by atoms with Crippen LogP contribution in [0.3, 0.4) is 0 Å². The summed E-state index contributed by atoms with van der Waals surface area (Å²) in [5.74, 6) is 0.964. The zero-order chi connectivity index (χ0) is 8.81. The molecule has 68 valence electrons. The SMILES string of the molecule is CCn1ccnc1COCCN. The Morgan fingerprint density at radius 3 is 3.17 bits per heavy atom. The topological polar surface area (TPSA) is 53.1 Å². The summed E-state index contributed by atoms with van der Waals surface area (Å²) in [7, 11) is 0. The average molecular weight is 169 g/mol. The second-order valence-electron chi connectivity index (χ2n) is 2.47. The summed E-state index contributed by atoms with van der Waals surface area (Å²) in [5.41, 5.74) is 5.29. The summed E-state index contributed by atoms with van der Waals surface area (Å²) in [6, 6.07) is 0. The molecule has 0 aromatic carbocycles. The minimum absolute atomic E-state index is 0.554. The van der Waals surface area contributed by atoms with Crippen LogP contribution in [0.25, 0.3) is 0 Å². The van der Waals surface area contributed by atoms with E-state index in [1.54, 1.807) is 6.20 Å². The summed E-state index contributed by atoms with van der Waals surface area (Å²) in [5, 5.41) is 0. The third kappa shape index (κ3) is 2.32. The number of imidazole rings is 1. The fourth-order valence-corrected chi connectivity index (χ4v) is 1.01. The quantitative estimate of drug-likeness (QED) is 0.648. The standard InChI is InChI=1S/C8H15N3O/c1-2-11-5-4-10-8(11)7-12-6-3-9/h4-5H,2-3,6-7,9H2,1H3. The van der Waals surface area contributed by atoms with Crippen molar-refractivity contribution < 1.29 is 4.74 Å². The van der Waals surface area contributed by atoms with Gasteiger partial charge in [-0.15, -0.1) is 0 Å². The number of hydrogen-bond donors (Lipinski definition) is 1. The summed E-state index contributed by atoms with van der Waals surface area (Å²) in [6.07, 6.45) is 3.73. The number of aromatic nitrogens is 2. The Bertz CT molecular complexity index is 222. The van der Waals surface area contributed by atoms with Crippen LogP contribution in [0, 0.1) is 0 Å². The minimum Gasteiger partial charge on any atom is -0.372 e. The van der Waals surface area contributed by atoms with Crippen LogP contribution in [0.1, 0.15) is 12.7 Å². The molecule has 0 unspecified atom stereocenters. The zero-order valence-corrected chi connectivity index (χ0v) is 7.36. The number of nitrogens with zero attached hydrogens (tertiary/aromatic N) is 2. The third-order valence-electron chi connectivity index (χ3n) is 1.64. The van der Waals surface area contributed by atoms with E-state index in [4.69, 9.17) is 10.5 Å². The van der Waals surface area contributed by atoms with E-state index in [-0.39, 0.29) is 0 Å². The van der Waals surface area contributed by atoms with Crippen LogP contribution < -0.4 is 5.73 Å². The van der Waals surface area contributed by atoms with Crippen LogP contribution >= 0.6 is 0 Å². The van der Waals surface area contributed by atoms with Gasteiger partial charge in [0.25, 0.3) is 0 Å². The first-order valence-electron chi connectivity index (χ1n) is 4.16. The van der Waals surface area contributed by atoms with Crippen LogP contribution in [0.5, 0.6) is 0 Å². The molecule has 0 atom stereocenters. The highest BCUT2D eigenvalue weighted by Gasteiger charge is 1.99. The highest BCUT2D eigenvalue weighted by molar-refractivity contribution is 4.89. The first kappa shape index (κ1) is 9.22. The van der Waals surface area contributed by atoms with Gasteiger partial charge >= 0.3 is 0 Å². The zero-order valence-electron chi connectivity index (χ0n) is 7.36. The van der Waals surface area contributed by atoms with Crippen LogP contribution in [0.15, 0.2) is 12.4 Å². The lowest BCUT2D eigenvalue weighted by Gasteiger charge is -2.04. The molecule has 4 heteroatoms. The Hall–Kier alpha value is -0.870. The molecule has 1 rings (SSSR count). The molecule has 1 aromatic rings. The van der Waals surface area contributed by atoms with Gasteiger partial charge in [-0.3, -0.25) is 0 Å². The molecule has 0 aliphatic rings. The molecule has 0 radical (unpaired) electrons. The fraction of sp³-hybridized carbons (Fsp3) is 0.625. The van der Waals surface area contributed by atoms with Gasteiger partial charge in [0.05, 0.1) is 6.61 Å². The molecule has 0 saturated carbocycles. The van der Waals surface area contributed by atoms with Crippen LogP contribution in [0.2, 0.25) is 0 Å². The minimum atomic E-state index is 0.554. The molecule has 0 fully saturated rings. The van der Waals surface area contributed by atoms with Crippen molar-refractivity contribution in [3.63, 3.8) is 0 Å². The second kappa shape index (κ2) is 4.90. The van der Waals surface area contributed by atoms with E-state index >= 15 is 0 Å². The third-order valence-corrected chi connectivity index (χ3v) is 1.64. The molecule has 0 bridgehead atoms. The molecule has 2 N–H and O–H groups in total. The van der Waals surface area contributed by atoms with E-state index in [0.29, 0.717) is 19.8 Å². The Balaban J connectivity index is 2.39. The van der Waals surface area contributed by atoms with Crippen molar-refractivity contribution in [2.45, 2.75) is 20.1 Å². The molecule has 0 amide bonds. The Morgan fingerprint density at radius 1 is 1.67 bits per heavy atom. The van der Waals surface area contributed by atoms with Gasteiger partial charge in [-0.1, -0.05) is 0 Å². The van der Waals surface area contributed by atoms with E-state index < -0.39 is 0 Å². The maximum Gasteiger partial charge on any atom is 0.134 e. The van der Waals surface area contributed by atoms with Gasteiger partial charge < -0.3 is 15.0 Å². The lowest BCUT2D eigenvalue weighted by atomic mass is 10.6. The average Bonchev–Trinajstić information content (AvgIpc) is 2.52. The van der Waals surface area contributed by atoms with E-state index in [9.17, 15) is 0 Å². The van der Waals surface area contributed by atoms with E-state index in [2.05, 4.69) is 16.5 Å². The van der Waals surface area contributed by atoms with Crippen molar-refractivity contribution in [2.24, 2.45) is 5.73 Å². The van der Waals surface area contributed by atoms with E-state index in [1.165, 1.54) is 0 Å². The maximum atomic E-state index is 5.29. The predicted molar refractivity (Wildman–Crippen MR) is 46.6 cm³/mol. The van der Waals surface area contributed by atoms with Crippen molar-refractivity contribution in [1.29, 1.82) is 0 Å². The molecule has 0 aliphatic heterocycles. The first-order valence-corrected chi connectivity index (χ1v) is 4.16. The van der Waals surface area contributed by atoms with E-state index in [1.807, 2.05) is 6.20 Å². The fourth-order valence-electron chi connectivity index (χ4n) is 1.01. The largest absolute Gasteiger partial charge is 0.372 e. The molecule has 1 heterocycles. The molecule has 1 aromatic heterocycles. The molecular weight excluding hydrogens is 154 g/mol. The summed E-state index contributed by atoms with van der Waals surface area (Å²) in [4.78, 5) is 4.16. The normalized spacial score (nSPS) is 10.5. The number of aryl methyl sites for hydroxylation is 1. The number of rotatable bonds is 5. The van der Waals surface area contributed by atoms with Crippen LogP contribution in [0.4, 0.5) is 0 Å². The number of ether oxygens (including phenoxy) is 1. The Kier molecular flexibility index (Phi) is 3.76. The lowest BCUT2D eigenvalue weighted by molar-refractivity contribution is 0.120. The predicted octanol–water partition coefficient (Wildman–Crippen LogP) is 0.378. The van der Waals surface area contributed by atoms with Gasteiger partial charge in [-0.25, -0.2) is 4.98 Å². The van der Waals surface area contributed by atoms with Crippen molar-refractivity contribution in [3.05, 3.63) is 18.2 Å². The lowest BCUT2D eigenvalue weighted by Crippen LogP contribution is -2.10. The smallest absolute Gasteiger partial charge is 0.134 e. The van der Waals surface area contributed by atoms with Crippen molar-refractivity contribution in [2.75, 3.05) is 13.2 Å². The number of nitrogens with two attached hydrogens (primary N) is 1. The Morgan fingerprint density at radius 2 is 2.50 bits per heavy atom. The summed E-state index contributed by atoms with van der Waals surface area (Å²) in [6.45, 7) is 4.72. The highest BCUT2D eigenvalue weighted by Crippen LogP contribution is 1.98. The number of hydrogen-bond acceptors (Lipinski definition) is 3. The summed E-state index contributed by atoms with van der Waals surface area (Å²) >= 11 is 0. The van der Waals surface area contributed by atoms with Crippen molar-refractivity contribution in [1.82, 2.24) is 9.55 Å². The van der Waals surface area contributed by atoms with Crippen LogP contribution in [-0.2, 0) is 17.9 Å². The van der Waals surface area contributed by atoms with Crippen molar-refractivity contribution in [3.8, 4) is 0 Å². The molecule has 0 aliphatic carbocycles.